The van der Waals surface area contributed by atoms with E-state index in [-0.39, 0.29) is 36.4 Å². The molecular weight excluding hydrogens is 380 g/mol. The van der Waals surface area contributed by atoms with E-state index in [1.807, 2.05) is 35.2 Å². The fourth-order valence-corrected chi connectivity index (χ4v) is 5.33. The summed E-state index contributed by atoms with van der Waals surface area (Å²) >= 11 is 0. The van der Waals surface area contributed by atoms with E-state index in [1.165, 1.54) is 6.08 Å². The van der Waals surface area contributed by atoms with Gasteiger partial charge in [-0.15, -0.1) is 0 Å². The number of fused-ring (bicyclic) bond motifs is 1. The molecular formula is C24H30N2O4. The quantitative estimate of drug-likeness (QED) is 0.553. The minimum Gasteiger partial charge on any atom is -0.459 e. The molecule has 4 rings (SSSR count). The van der Waals surface area contributed by atoms with Crippen LogP contribution >= 0.6 is 0 Å². The van der Waals surface area contributed by atoms with Crippen molar-refractivity contribution in [1.29, 1.82) is 0 Å². The number of benzene rings is 1. The van der Waals surface area contributed by atoms with Gasteiger partial charge in [-0.3, -0.25) is 9.59 Å². The Kier molecular flexibility index (Phi) is 6.21. The zero-order chi connectivity index (χ0) is 21.1. The minimum absolute atomic E-state index is 0.0664. The molecule has 2 amide bonds. The summed E-state index contributed by atoms with van der Waals surface area (Å²) in [5, 5.41) is 0. The first-order chi connectivity index (χ1) is 14.6. The zero-order valence-corrected chi connectivity index (χ0v) is 17.4. The van der Waals surface area contributed by atoms with Crippen molar-refractivity contribution in [2.45, 2.75) is 57.2 Å². The van der Waals surface area contributed by atoms with Gasteiger partial charge in [-0.05, 0) is 49.7 Å². The maximum atomic E-state index is 13.5. The molecule has 0 spiro atoms. The molecule has 6 nitrogen and oxygen atoms in total. The number of carbonyl (C=O) groups is 3. The highest BCUT2D eigenvalue weighted by Crippen LogP contribution is 2.43. The third kappa shape index (κ3) is 4.13. The van der Waals surface area contributed by atoms with Crippen LogP contribution in [0, 0.1) is 11.8 Å². The Morgan fingerprint density at radius 3 is 2.50 bits per heavy atom. The number of ether oxygens (including phenoxy) is 1. The smallest absolute Gasteiger partial charge is 0.329 e. The van der Waals surface area contributed by atoms with Gasteiger partial charge in [0.25, 0.3) is 0 Å². The van der Waals surface area contributed by atoms with Crippen molar-refractivity contribution in [3.63, 3.8) is 0 Å². The normalized spacial score (nSPS) is 26.3. The number of amides is 2. The molecule has 2 aliphatic heterocycles. The first-order valence-electron chi connectivity index (χ1n) is 11.0. The van der Waals surface area contributed by atoms with E-state index in [4.69, 9.17) is 4.74 Å². The first kappa shape index (κ1) is 20.6. The molecule has 3 fully saturated rings. The van der Waals surface area contributed by atoms with Crippen LogP contribution in [-0.4, -0.2) is 52.8 Å². The number of rotatable bonds is 5. The summed E-state index contributed by atoms with van der Waals surface area (Å²) in [7, 11) is 0. The molecule has 0 unspecified atom stereocenters. The topological polar surface area (TPSA) is 66.9 Å². The van der Waals surface area contributed by atoms with Crippen LogP contribution < -0.4 is 0 Å². The molecule has 1 aliphatic carbocycles. The lowest BCUT2D eigenvalue weighted by atomic mass is 9.94. The summed E-state index contributed by atoms with van der Waals surface area (Å²) in [6, 6.07) is 9.29. The van der Waals surface area contributed by atoms with Crippen LogP contribution in [0.2, 0.25) is 0 Å². The largest absolute Gasteiger partial charge is 0.459 e. The molecule has 3 atom stereocenters. The van der Waals surface area contributed by atoms with Gasteiger partial charge in [-0.25, -0.2) is 4.79 Å². The molecule has 3 aliphatic rings. The number of nitrogens with zero attached hydrogens (tertiary/aromatic N) is 2. The van der Waals surface area contributed by atoms with E-state index in [1.54, 1.807) is 4.90 Å². The van der Waals surface area contributed by atoms with Crippen molar-refractivity contribution < 1.29 is 19.1 Å². The molecule has 6 heteroatoms. The summed E-state index contributed by atoms with van der Waals surface area (Å²) in [4.78, 5) is 41.9. The number of esters is 1. The lowest BCUT2D eigenvalue weighted by Crippen LogP contribution is -2.50. The standard InChI is InChI=1S/C24H30N2O4/c1-2-22(27)25-13-11-18(12-14-25)23(28)26-20-10-6-9-19(20)15-21(26)24(29)30-16-17-7-4-3-5-8-17/h2-5,7-8,18-21H,1,6,9-16H2/t19-,20-,21-/m0/s1. The van der Waals surface area contributed by atoms with Crippen molar-refractivity contribution in [1.82, 2.24) is 9.80 Å². The van der Waals surface area contributed by atoms with Crippen LogP contribution in [-0.2, 0) is 25.7 Å². The molecule has 2 saturated heterocycles. The highest BCUT2D eigenvalue weighted by atomic mass is 16.5. The molecule has 0 aromatic heterocycles. The Morgan fingerprint density at radius 2 is 1.80 bits per heavy atom. The van der Waals surface area contributed by atoms with Gasteiger partial charge >= 0.3 is 5.97 Å². The molecule has 2 heterocycles. The fourth-order valence-electron chi connectivity index (χ4n) is 5.33. The van der Waals surface area contributed by atoms with Crippen molar-refractivity contribution in [2.24, 2.45) is 11.8 Å². The third-order valence-electron chi connectivity index (χ3n) is 6.92. The number of carbonyl (C=O) groups excluding carboxylic acids is 3. The molecule has 1 saturated carbocycles. The number of piperidine rings is 1. The van der Waals surface area contributed by atoms with Crippen molar-refractivity contribution in [2.75, 3.05) is 13.1 Å². The van der Waals surface area contributed by atoms with E-state index < -0.39 is 6.04 Å². The maximum absolute atomic E-state index is 13.5. The third-order valence-corrected chi connectivity index (χ3v) is 6.92. The fraction of sp³-hybridized carbons (Fsp3) is 0.542. The van der Waals surface area contributed by atoms with Crippen LogP contribution in [0.4, 0.5) is 0 Å². The second-order valence-electron chi connectivity index (χ2n) is 8.65. The average molecular weight is 411 g/mol. The van der Waals surface area contributed by atoms with Gasteiger partial charge in [0.15, 0.2) is 0 Å². The van der Waals surface area contributed by atoms with Gasteiger partial charge in [0.1, 0.15) is 12.6 Å². The zero-order valence-electron chi connectivity index (χ0n) is 17.4. The summed E-state index contributed by atoms with van der Waals surface area (Å²) in [6.07, 6.45) is 6.45. The average Bonchev–Trinajstić information content (AvgIpc) is 3.38. The van der Waals surface area contributed by atoms with E-state index in [0.29, 0.717) is 38.3 Å². The predicted molar refractivity (Wildman–Crippen MR) is 112 cm³/mol. The van der Waals surface area contributed by atoms with Crippen molar-refractivity contribution >= 4 is 17.8 Å². The monoisotopic (exact) mass is 410 g/mol. The van der Waals surface area contributed by atoms with Gasteiger partial charge in [-0.2, -0.15) is 0 Å². The lowest BCUT2D eigenvalue weighted by molar-refractivity contribution is -0.157. The van der Waals surface area contributed by atoms with Gasteiger partial charge in [0.05, 0.1) is 0 Å². The number of likely N-dealkylation sites (tertiary alicyclic amines) is 2. The Hall–Kier alpha value is -2.63. The second kappa shape index (κ2) is 9.02. The van der Waals surface area contributed by atoms with E-state index in [2.05, 4.69) is 6.58 Å². The molecule has 30 heavy (non-hydrogen) atoms. The van der Waals surface area contributed by atoms with Crippen molar-refractivity contribution in [3.05, 3.63) is 48.6 Å². The SMILES string of the molecule is C=CC(=O)N1CCC(C(=O)N2[C@H](C(=O)OCc3ccccc3)C[C@@H]3CCC[C@@H]32)CC1. The minimum atomic E-state index is -0.482. The van der Waals surface area contributed by atoms with Crippen LogP contribution in [0.3, 0.4) is 0 Å². The van der Waals surface area contributed by atoms with Crippen LogP contribution in [0.25, 0.3) is 0 Å². The van der Waals surface area contributed by atoms with E-state index in [9.17, 15) is 14.4 Å². The summed E-state index contributed by atoms with van der Waals surface area (Å²) in [6.45, 7) is 4.90. The summed E-state index contributed by atoms with van der Waals surface area (Å²) < 4.78 is 5.61. The Balaban J connectivity index is 1.42. The number of hydrogen-bond acceptors (Lipinski definition) is 4. The Bertz CT molecular complexity index is 801. The molecule has 0 radical (unpaired) electrons. The van der Waals surface area contributed by atoms with Gasteiger partial charge in [-0.1, -0.05) is 43.3 Å². The predicted octanol–water partition coefficient (Wildman–Crippen LogP) is 2.92. The van der Waals surface area contributed by atoms with Gasteiger partial charge < -0.3 is 14.5 Å². The highest BCUT2D eigenvalue weighted by Gasteiger charge is 2.50. The summed E-state index contributed by atoms with van der Waals surface area (Å²) in [5.41, 5.74) is 0.946. The molecule has 0 bridgehead atoms. The molecule has 0 N–H and O–H groups in total. The van der Waals surface area contributed by atoms with E-state index >= 15 is 0 Å². The second-order valence-corrected chi connectivity index (χ2v) is 8.65. The van der Waals surface area contributed by atoms with E-state index in [0.717, 1.165) is 24.8 Å². The first-order valence-corrected chi connectivity index (χ1v) is 11.0. The molecule has 1 aromatic carbocycles. The van der Waals surface area contributed by atoms with Gasteiger partial charge in [0, 0.05) is 25.0 Å². The molecule has 1 aromatic rings. The Morgan fingerprint density at radius 1 is 1.07 bits per heavy atom. The lowest BCUT2D eigenvalue weighted by Gasteiger charge is -2.36. The maximum Gasteiger partial charge on any atom is 0.329 e. The van der Waals surface area contributed by atoms with Crippen LogP contribution in [0.5, 0.6) is 0 Å². The summed E-state index contributed by atoms with van der Waals surface area (Å²) in [5.74, 6) is -0.0498. The van der Waals surface area contributed by atoms with Crippen molar-refractivity contribution in [3.8, 4) is 0 Å². The van der Waals surface area contributed by atoms with Crippen LogP contribution in [0.15, 0.2) is 43.0 Å². The van der Waals surface area contributed by atoms with Crippen LogP contribution in [0.1, 0.15) is 44.1 Å². The Labute approximate surface area is 177 Å². The number of hydrogen-bond donors (Lipinski definition) is 0. The highest BCUT2D eigenvalue weighted by molar-refractivity contribution is 5.88. The van der Waals surface area contributed by atoms with Gasteiger partial charge in [0.2, 0.25) is 11.8 Å². The molecule has 160 valence electrons.